The Morgan fingerprint density at radius 3 is 2.67 bits per heavy atom. The topological polar surface area (TPSA) is 117 Å². The molecule has 0 aliphatic rings. The van der Waals surface area contributed by atoms with Gasteiger partial charge in [0.1, 0.15) is 0 Å². The molecule has 27 heavy (non-hydrogen) atoms. The summed E-state index contributed by atoms with van der Waals surface area (Å²) in [4.78, 5) is 25.0. The van der Waals surface area contributed by atoms with Crippen molar-refractivity contribution in [2.75, 3.05) is 0 Å². The minimum absolute atomic E-state index is 0.0796. The number of amides is 1. The predicted octanol–water partition coefficient (Wildman–Crippen LogP) is 1.98. The van der Waals surface area contributed by atoms with Crippen LogP contribution in [0.25, 0.3) is 10.8 Å². The van der Waals surface area contributed by atoms with E-state index >= 15 is 0 Å². The van der Waals surface area contributed by atoms with Crippen LogP contribution in [0.15, 0.2) is 52.4 Å². The highest BCUT2D eigenvalue weighted by atomic mass is 16.3. The standard InChI is InChI=1S/C19H18N4O4/c1-2-10-23-19(27)14-8-4-3-7-13(14)16(22-23)18(26)21-20-11-12-6-5-9-15(24)17(12)25/h3-9,11,24-25H,2,10H2,1H3,(H,21,26)/b20-11+. The van der Waals surface area contributed by atoms with E-state index in [9.17, 15) is 19.8 Å². The van der Waals surface area contributed by atoms with Crippen LogP contribution >= 0.6 is 0 Å². The number of aryl methyl sites for hydroxylation is 1. The Morgan fingerprint density at radius 1 is 1.19 bits per heavy atom. The van der Waals surface area contributed by atoms with Gasteiger partial charge >= 0.3 is 0 Å². The summed E-state index contributed by atoms with van der Waals surface area (Å²) < 4.78 is 1.27. The number of hydrogen-bond donors (Lipinski definition) is 3. The van der Waals surface area contributed by atoms with Crippen molar-refractivity contribution in [2.45, 2.75) is 19.9 Å². The number of phenolic OH excluding ortho intramolecular Hbond substituents is 2. The van der Waals surface area contributed by atoms with Crippen LogP contribution in [0.4, 0.5) is 0 Å². The zero-order chi connectivity index (χ0) is 19.4. The molecule has 1 aromatic heterocycles. The number of aromatic hydroxyl groups is 2. The van der Waals surface area contributed by atoms with Crippen molar-refractivity contribution in [1.82, 2.24) is 15.2 Å². The number of nitrogens with zero attached hydrogens (tertiary/aromatic N) is 3. The number of para-hydroxylation sites is 1. The van der Waals surface area contributed by atoms with Gasteiger partial charge in [0.25, 0.3) is 11.5 Å². The molecule has 8 heteroatoms. The first-order chi connectivity index (χ1) is 13.0. The number of carbonyl (C=O) groups is 1. The average Bonchev–Trinajstić information content (AvgIpc) is 2.67. The highest BCUT2D eigenvalue weighted by Crippen LogP contribution is 2.26. The number of fused-ring (bicyclic) bond motifs is 1. The van der Waals surface area contributed by atoms with Gasteiger partial charge in [-0.2, -0.15) is 10.2 Å². The van der Waals surface area contributed by atoms with Crippen LogP contribution in [-0.4, -0.2) is 32.1 Å². The van der Waals surface area contributed by atoms with E-state index in [1.54, 1.807) is 24.3 Å². The molecule has 3 N–H and O–H groups in total. The molecule has 0 fully saturated rings. The smallest absolute Gasteiger partial charge is 0.292 e. The lowest BCUT2D eigenvalue weighted by atomic mass is 10.1. The molecule has 2 aromatic carbocycles. The third-order valence-corrected chi connectivity index (χ3v) is 3.93. The van der Waals surface area contributed by atoms with Crippen LogP contribution in [0.2, 0.25) is 0 Å². The molecule has 8 nitrogen and oxygen atoms in total. The van der Waals surface area contributed by atoms with E-state index in [0.717, 1.165) is 0 Å². The number of benzene rings is 2. The predicted molar refractivity (Wildman–Crippen MR) is 101 cm³/mol. The Hall–Kier alpha value is -3.68. The van der Waals surface area contributed by atoms with Gasteiger partial charge < -0.3 is 10.2 Å². The number of carbonyl (C=O) groups excluding carboxylic acids is 1. The Labute approximate surface area is 154 Å². The van der Waals surface area contributed by atoms with E-state index in [1.165, 1.54) is 29.1 Å². The van der Waals surface area contributed by atoms with Crippen molar-refractivity contribution >= 4 is 22.9 Å². The number of phenols is 2. The van der Waals surface area contributed by atoms with Gasteiger partial charge in [0.2, 0.25) is 0 Å². The minimum atomic E-state index is -0.591. The van der Waals surface area contributed by atoms with E-state index in [4.69, 9.17) is 0 Å². The zero-order valence-corrected chi connectivity index (χ0v) is 14.6. The molecule has 138 valence electrons. The van der Waals surface area contributed by atoms with Gasteiger partial charge in [-0.15, -0.1) is 0 Å². The summed E-state index contributed by atoms with van der Waals surface area (Å²) >= 11 is 0. The molecule has 0 spiro atoms. The van der Waals surface area contributed by atoms with Crippen molar-refractivity contribution in [2.24, 2.45) is 5.10 Å². The monoisotopic (exact) mass is 366 g/mol. The number of rotatable bonds is 5. The molecule has 0 bridgehead atoms. The summed E-state index contributed by atoms with van der Waals surface area (Å²) in [5.74, 6) is -1.22. The fraction of sp³-hybridized carbons (Fsp3) is 0.158. The van der Waals surface area contributed by atoms with Gasteiger partial charge in [0.15, 0.2) is 17.2 Å². The second-order valence-electron chi connectivity index (χ2n) is 5.84. The van der Waals surface area contributed by atoms with Crippen LogP contribution in [0, 0.1) is 0 Å². The van der Waals surface area contributed by atoms with Crippen LogP contribution in [0.1, 0.15) is 29.4 Å². The third kappa shape index (κ3) is 3.64. The zero-order valence-electron chi connectivity index (χ0n) is 14.6. The number of aromatic nitrogens is 2. The highest BCUT2D eigenvalue weighted by Gasteiger charge is 2.16. The second kappa shape index (κ2) is 7.69. The first-order valence-electron chi connectivity index (χ1n) is 8.37. The normalized spacial score (nSPS) is 11.1. The van der Waals surface area contributed by atoms with Crippen LogP contribution in [0.5, 0.6) is 11.5 Å². The number of hydrogen-bond acceptors (Lipinski definition) is 6. The molecular weight excluding hydrogens is 348 g/mol. The van der Waals surface area contributed by atoms with Crippen molar-refractivity contribution < 1.29 is 15.0 Å². The maximum Gasteiger partial charge on any atom is 0.292 e. The summed E-state index contributed by atoms with van der Waals surface area (Å²) in [5, 5.41) is 28.0. The first-order valence-corrected chi connectivity index (χ1v) is 8.37. The van der Waals surface area contributed by atoms with E-state index in [-0.39, 0.29) is 28.3 Å². The summed E-state index contributed by atoms with van der Waals surface area (Å²) in [6.07, 6.45) is 1.90. The van der Waals surface area contributed by atoms with E-state index in [2.05, 4.69) is 15.6 Å². The summed E-state index contributed by atoms with van der Waals surface area (Å²) in [7, 11) is 0. The molecule has 0 aliphatic heterocycles. The molecular formula is C19H18N4O4. The highest BCUT2D eigenvalue weighted by molar-refractivity contribution is 6.05. The van der Waals surface area contributed by atoms with Crippen molar-refractivity contribution in [3.63, 3.8) is 0 Å². The number of hydrazone groups is 1. The molecule has 1 amide bonds. The van der Waals surface area contributed by atoms with Gasteiger partial charge in [0, 0.05) is 17.5 Å². The lowest BCUT2D eigenvalue weighted by molar-refractivity contribution is 0.0949. The second-order valence-corrected chi connectivity index (χ2v) is 5.84. The van der Waals surface area contributed by atoms with Gasteiger partial charge in [-0.1, -0.05) is 31.2 Å². The van der Waals surface area contributed by atoms with E-state index in [0.29, 0.717) is 23.7 Å². The molecule has 0 saturated heterocycles. The Morgan fingerprint density at radius 2 is 1.93 bits per heavy atom. The van der Waals surface area contributed by atoms with Crippen molar-refractivity contribution in [3.05, 3.63) is 64.1 Å². The van der Waals surface area contributed by atoms with Gasteiger partial charge in [-0.3, -0.25) is 9.59 Å². The lowest BCUT2D eigenvalue weighted by Crippen LogP contribution is -2.29. The molecule has 3 rings (SSSR count). The van der Waals surface area contributed by atoms with Gasteiger partial charge in [-0.05, 0) is 24.6 Å². The lowest BCUT2D eigenvalue weighted by Gasteiger charge is -2.09. The molecule has 0 aliphatic carbocycles. The Kier molecular flexibility index (Phi) is 5.16. The van der Waals surface area contributed by atoms with Crippen LogP contribution in [-0.2, 0) is 6.54 Å². The Balaban J connectivity index is 1.93. The molecule has 0 saturated carbocycles. The summed E-state index contributed by atoms with van der Waals surface area (Å²) in [6, 6.07) is 11.1. The summed E-state index contributed by atoms with van der Waals surface area (Å²) in [6.45, 7) is 2.31. The minimum Gasteiger partial charge on any atom is -0.504 e. The summed E-state index contributed by atoms with van der Waals surface area (Å²) in [5.41, 5.74) is 2.40. The van der Waals surface area contributed by atoms with Crippen LogP contribution in [0.3, 0.4) is 0 Å². The fourth-order valence-electron chi connectivity index (χ4n) is 2.63. The van der Waals surface area contributed by atoms with E-state index in [1.807, 2.05) is 6.92 Å². The molecule has 1 heterocycles. The van der Waals surface area contributed by atoms with E-state index < -0.39 is 5.91 Å². The largest absolute Gasteiger partial charge is 0.504 e. The SMILES string of the molecule is CCCn1nc(C(=O)N/N=C/c2cccc(O)c2O)c2ccccc2c1=O. The van der Waals surface area contributed by atoms with Gasteiger partial charge in [-0.25, -0.2) is 10.1 Å². The average molecular weight is 366 g/mol. The van der Waals surface area contributed by atoms with Crippen molar-refractivity contribution in [3.8, 4) is 11.5 Å². The third-order valence-electron chi connectivity index (χ3n) is 3.93. The fourth-order valence-corrected chi connectivity index (χ4v) is 2.63. The molecule has 0 atom stereocenters. The van der Waals surface area contributed by atoms with Gasteiger partial charge in [0.05, 0.1) is 11.6 Å². The maximum absolute atomic E-state index is 12.6. The Bertz CT molecular complexity index is 1090. The maximum atomic E-state index is 12.6. The van der Waals surface area contributed by atoms with Crippen molar-refractivity contribution in [1.29, 1.82) is 0 Å². The quantitative estimate of drug-likeness (QED) is 0.363. The first kappa shape index (κ1) is 18.1. The number of nitrogens with one attached hydrogen (secondary N) is 1. The van der Waals surface area contributed by atoms with Crippen LogP contribution < -0.4 is 11.0 Å². The molecule has 0 unspecified atom stereocenters. The molecule has 0 radical (unpaired) electrons. The molecule has 3 aromatic rings.